The highest BCUT2D eigenvalue weighted by Gasteiger charge is 2.33. The third-order valence-corrected chi connectivity index (χ3v) is 7.47. The quantitative estimate of drug-likeness (QED) is 0.302. The van der Waals surface area contributed by atoms with Gasteiger partial charge < -0.3 is 14.6 Å². The second-order valence-corrected chi connectivity index (χ2v) is 10.1. The molecule has 2 heterocycles. The van der Waals surface area contributed by atoms with E-state index in [0.717, 1.165) is 48.9 Å². The number of piperazine rings is 1. The summed E-state index contributed by atoms with van der Waals surface area (Å²) < 4.78 is 11.3. The minimum absolute atomic E-state index is 0.171. The second kappa shape index (κ2) is 12.0. The molecule has 0 radical (unpaired) electrons. The number of allylic oxidation sites excluding steroid dienone is 1. The summed E-state index contributed by atoms with van der Waals surface area (Å²) in [6.07, 6.45) is 1.95. The van der Waals surface area contributed by atoms with Crippen molar-refractivity contribution in [3.8, 4) is 11.5 Å². The molecule has 2 aliphatic rings. The van der Waals surface area contributed by atoms with Crippen LogP contribution < -0.4 is 9.47 Å². The molecule has 0 saturated carbocycles. The van der Waals surface area contributed by atoms with Crippen LogP contribution in [0.3, 0.4) is 0 Å². The predicted molar refractivity (Wildman–Crippen MR) is 151 cm³/mol. The molecular weight excluding hydrogens is 494 g/mol. The van der Waals surface area contributed by atoms with Crippen molar-refractivity contribution in [3.63, 3.8) is 0 Å². The van der Waals surface area contributed by atoms with Crippen LogP contribution in [0.1, 0.15) is 26.3 Å². The van der Waals surface area contributed by atoms with Crippen molar-refractivity contribution in [3.05, 3.63) is 83.9 Å². The number of carbonyl (C=O) groups excluding carboxylic acids is 2. The molecule has 2 amide bonds. The first-order valence-corrected chi connectivity index (χ1v) is 13.4. The molecule has 1 N–H and O–H groups in total. The predicted octanol–water partition coefficient (Wildman–Crippen LogP) is 3.23. The first-order chi connectivity index (χ1) is 19.0. The molecule has 0 spiro atoms. The monoisotopic (exact) mass is 529 g/mol. The maximum atomic E-state index is 13.1. The molecule has 1 saturated heterocycles. The minimum Gasteiger partial charge on any atom is -0.493 e. The number of hydrogen-bond donors (Lipinski definition) is 1. The zero-order chi connectivity index (χ0) is 27.4. The van der Waals surface area contributed by atoms with Crippen LogP contribution in [0.2, 0.25) is 0 Å². The third kappa shape index (κ3) is 5.83. The number of hydrogen-bond acceptors (Lipinski definition) is 7. The van der Waals surface area contributed by atoms with Crippen molar-refractivity contribution >= 4 is 22.6 Å². The van der Waals surface area contributed by atoms with E-state index < -0.39 is 6.10 Å². The molecule has 3 aromatic carbocycles. The van der Waals surface area contributed by atoms with Gasteiger partial charge in [-0.15, -0.1) is 6.58 Å². The molecule has 204 valence electrons. The number of carbonyl (C=O) groups is 2. The highest BCUT2D eigenvalue weighted by Crippen LogP contribution is 2.30. The molecule has 1 atom stereocenters. The van der Waals surface area contributed by atoms with E-state index in [4.69, 9.17) is 9.47 Å². The van der Waals surface area contributed by atoms with E-state index in [0.29, 0.717) is 42.3 Å². The summed E-state index contributed by atoms with van der Waals surface area (Å²) in [5.74, 6) is 0.798. The van der Waals surface area contributed by atoms with Gasteiger partial charge in [0, 0.05) is 62.3 Å². The number of rotatable bonds is 11. The number of benzene rings is 3. The van der Waals surface area contributed by atoms with Crippen LogP contribution in [0.25, 0.3) is 10.8 Å². The standard InChI is InChI=1S/C31H35N3O5/c1-3-6-22-11-12-27(28(19-22)38-2)39-21-24(35)20-33-15-13-32(14-16-33)17-18-34-30(36)25-9-4-7-23-8-5-10-26(29(23)25)31(34)37/h3-5,7-12,19,24,35H,1,6,13-18,20-21H2,2H3/t24-/m0/s1. The smallest absolute Gasteiger partial charge is 0.261 e. The molecule has 0 unspecified atom stereocenters. The highest BCUT2D eigenvalue weighted by molar-refractivity contribution is 6.25. The molecule has 0 aliphatic carbocycles. The van der Waals surface area contributed by atoms with Crippen molar-refractivity contribution in [1.82, 2.24) is 14.7 Å². The summed E-state index contributed by atoms with van der Waals surface area (Å²) in [7, 11) is 1.60. The summed E-state index contributed by atoms with van der Waals surface area (Å²) >= 11 is 0. The van der Waals surface area contributed by atoms with E-state index in [1.165, 1.54) is 4.90 Å². The van der Waals surface area contributed by atoms with Gasteiger partial charge in [-0.05, 0) is 41.6 Å². The van der Waals surface area contributed by atoms with Gasteiger partial charge >= 0.3 is 0 Å². The molecular formula is C31H35N3O5. The number of aliphatic hydroxyl groups is 1. The third-order valence-electron chi connectivity index (χ3n) is 7.47. The maximum Gasteiger partial charge on any atom is 0.261 e. The van der Waals surface area contributed by atoms with Gasteiger partial charge in [-0.25, -0.2) is 0 Å². The second-order valence-electron chi connectivity index (χ2n) is 10.1. The Morgan fingerprint density at radius 1 is 0.923 bits per heavy atom. The fourth-order valence-electron chi connectivity index (χ4n) is 5.38. The van der Waals surface area contributed by atoms with E-state index in [1.54, 1.807) is 19.2 Å². The number of imide groups is 1. The van der Waals surface area contributed by atoms with Crippen molar-refractivity contribution < 1.29 is 24.2 Å². The maximum absolute atomic E-state index is 13.1. The zero-order valence-corrected chi connectivity index (χ0v) is 22.3. The van der Waals surface area contributed by atoms with Crippen molar-refractivity contribution in [2.75, 3.05) is 59.5 Å². The molecule has 5 rings (SSSR count). The number of methoxy groups -OCH3 is 1. The van der Waals surface area contributed by atoms with Crippen LogP contribution in [0.5, 0.6) is 11.5 Å². The highest BCUT2D eigenvalue weighted by atomic mass is 16.5. The van der Waals surface area contributed by atoms with Crippen LogP contribution in [-0.2, 0) is 6.42 Å². The van der Waals surface area contributed by atoms with Crippen molar-refractivity contribution in [1.29, 1.82) is 0 Å². The fraction of sp³-hybridized carbons (Fsp3) is 0.355. The Morgan fingerprint density at radius 3 is 2.23 bits per heavy atom. The van der Waals surface area contributed by atoms with E-state index in [1.807, 2.05) is 48.5 Å². The SMILES string of the molecule is C=CCc1ccc(OC[C@@H](O)CN2CCN(CCN3C(=O)c4cccc5cccc(c45)C3=O)CC2)c(OC)c1. The Labute approximate surface area is 229 Å². The summed E-state index contributed by atoms with van der Waals surface area (Å²) in [5.41, 5.74) is 2.27. The van der Waals surface area contributed by atoms with Gasteiger partial charge in [0.15, 0.2) is 11.5 Å². The van der Waals surface area contributed by atoms with Gasteiger partial charge in [0.05, 0.1) is 7.11 Å². The molecule has 3 aromatic rings. The number of nitrogens with zero attached hydrogens (tertiary/aromatic N) is 3. The van der Waals surface area contributed by atoms with Crippen molar-refractivity contribution in [2.24, 2.45) is 0 Å². The van der Waals surface area contributed by atoms with Gasteiger partial charge in [0.25, 0.3) is 11.8 Å². The minimum atomic E-state index is -0.638. The summed E-state index contributed by atoms with van der Waals surface area (Å²) in [6, 6.07) is 16.9. The Balaban J connectivity index is 1.08. The van der Waals surface area contributed by atoms with Crippen LogP contribution >= 0.6 is 0 Å². The molecule has 8 nitrogen and oxygen atoms in total. The number of β-amino-alcohol motifs (C(OH)–C–C–N with tert-alkyl or cyclic N) is 1. The number of ether oxygens (including phenoxy) is 2. The largest absolute Gasteiger partial charge is 0.493 e. The van der Waals surface area contributed by atoms with Gasteiger partial charge in [0.2, 0.25) is 0 Å². The Bertz CT molecular complexity index is 1310. The van der Waals surface area contributed by atoms with Gasteiger partial charge in [0.1, 0.15) is 12.7 Å². The summed E-state index contributed by atoms with van der Waals surface area (Å²) in [5, 5.41) is 12.3. The molecule has 39 heavy (non-hydrogen) atoms. The normalized spacial score (nSPS) is 16.9. The van der Waals surface area contributed by atoms with Gasteiger partial charge in [-0.1, -0.05) is 36.4 Å². The molecule has 0 aromatic heterocycles. The van der Waals surface area contributed by atoms with Crippen LogP contribution in [-0.4, -0.2) is 97.3 Å². The first-order valence-electron chi connectivity index (χ1n) is 13.4. The molecule has 2 aliphatic heterocycles. The zero-order valence-electron chi connectivity index (χ0n) is 22.3. The lowest BCUT2D eigenvalue weighted by Gasteiger charge is -2.36. The van der Waals surface area contributed by atoms with Gasteiger partial charge in [-0.3, -0.25) is 24.3 Å². The Kier molecular flexibility index (Phi) is 8.26. The lowest BCUT2D eigenvalue weighted by molar-refractivity contribution is 0.0411. The van der Waals surface area contributed by atoms with Gasteiger partial charge in [-0.2, -0.15) is 0 Å². The van der Waals surface area contributed by atoms with E-state index in [2.05, 4.69) is 16.4 Å². The first kappa shape index (κ1) is 26.9. The Morgan fingerprint density at radius 2 is 1.59 bits per heavy atom. The average Bonchev–Trinajstić information content (AvgIpc) is 2.96. The summed E-state index contributed by atoms with van der Waals surface area (Å²) in [6.45, 7) is 8.60. The lowest BCUT2D eigenvalue weighted by atomic mass is 9.94. The van der Waals surface area contributed by atoms with Crippen LogP contribution in [0, 0.1) is 0 Å². The number of aliphatic hydroxyl groups excluding tert-OH is 1. The summed E-state index contributed by atoms with van der Waals surface area (Å²) in [4.78, 5) is 32.1. The molecule has 1 fully saturated rings. The topological polar surface area (TPSA) is 82.6 Å². The van der Waals surface area contributed by atoms with E-state index >= 15 is 0 Å². The Hall–Kier alpha value is -3.72. The molecule has 8 heteroatoms. The lowest BCUT2D eigenvalue weighted by Crippen LogP contribution is -2.51. The average molecular weight is 530 g/mol. The van der Waals surface area contributed by atoms with Crippen LogP contribution in [0.15, 0.2) is 67.3 Å². The number of amides is 2. The van der Waals surface area contributed by atoms with Crippen molar-refractivity contribution in [2.45, 2.75) is 12.5 Å². The fourth-order valence-corrected chi connectivity index (χ4v) is 5.38. The van der Waals surface area contributed by atoms with Crippen LogP contribution in [0.4, 0.5) is 0 Å². The molecule has 0 bridgehead atoms. The van der Waals surface area contributed by atoms with E-state index in [-0.39, 0.29) is 18.4 Å². The van der Waals surface area contributed by atoms with E-state index in [9.17, 15) is 14.7 Å².